The molecule has 4 heterocycles. The van der Waals surface area contributed by atoms with E-state index in [1.807, 2.05) is 20.0 Å². The van der Waals surface area contributed by atoms with Crippen LogP contribution in [-0.2, 0) is 60.3 Å². The number of fused-ring (bicyclic) bond motifs is 7. The van der Waals surface area contributed by atoms with Crippen molar-refractivity contribution in [3.8, 4) is 17.2 Å². The van der Waals surface area contributed by atoms with Crippen LogP contribution in [0.15, 0.2) is 53.7 Å². The summed E-state index contributed by atoms with van der Waals surface area (Å²) in [5.41, 5.74) is 13.0. The molecule has 2 atom stereocenters. The van der Waals surface area contributed by atoms with Crippen LogP contribution in [0, 0.1) is 39.8 Å². The second-order valence-electron chi connectivity index (χ2n) is 22.2. The number of pyridine rings is 1. The molecule has 0 radical (unpaired) electrons. The molecule has 2 aliphatic heterocycles. The van der Waals surface area contributed by atoms with Crippen LogP contribution < -0.4 is 4.74 Å². The van der Waals surface area contributed by atoms with Gasteiger partial charge < -0.3 is 14.0 Å². The normalized spacial score (nSPS) is 21.8. The van der Waals surface area contributed by atoms with Crippen LogP contribution in [0.2, 0.25) is 0 Å². The molecule has 0 saturated heterocycles. The molecule has 0 amide bonds. The van der Waals surface area contributed by atoms with Gasteiger partial charge in [-0.05, 0) is 113 Å². The van der Waals surface area contributed by atoms with Crippen LogP contribution in [0.5, 0.6) is 11.5 Å². The molecule has 3 aliphatic rings. The number of ether oxygens (including phenoxy) is 2. The summed E-state index contributed by atoms with van der Waals surface area (Å²) in [7, 11) is 0. The summed E-state index contributed by atoms with van der Waals surface area (Å²) in [5, 5.41) is 2.34. The molecule has 61 heavy (non-hydrogen) atoms. The fraction of sp³-hybridized carbons (Fsp3) is 0.455. The van der Waals surface area contributed by atoms with Crippen LogP contribution in [0.4, 0.5) is 0 Å². The van der Waals surface area contributed by atoms with Gasteiger partial charge in [-0.2, -0.15) is 6.07 Å². The van der Waals surface area contributed by atoms with Crippen LogP contribution in [-0.4, -0.2) is 26.6 Å². The third-order valence-corrected chi connectivity index (χ3v) is 13.9. The first-order valence-electron chi connectivity index (χ1n) is 22.7. The number of benzene rings is 4. The van der Waals surface area contributed by atoms with E-state index in [9.17, 15) is 2.74 Å². The minimum atomic E-state index is -1.80. The summed E-state index contributed by atoms with van der Waals surface area (Å²) in [6.07, 6.45) is 0.690. The van der Waals surface area contributed by atoms with Crippen molar-refractivity contribution in [1.29, 1.82) is 0 Å². The maximum atomic E-state index is 9.80. The zero-order chi connectivity index (χ0) is 45.2. The van der Waals surface area contributed by atoms with Gasteiger partial charge in [0.2, 0.25) is 0 Å². The number of aryl methyl sites for hydroxylation is 3. The van der Waals surface area contributed by atoms with Gasteiger partial charge in [-0.15, -0.1) is 28.8 Å². The topological polar surface area (TPSA) is 48.6 Å². The van der Waals surface area contributed by atoms with Crippen molar-refractivity contribution in [3.63, 3.8) is 0 Å². The molecule has 6 aromatic rings. The molecular weight excluding hydrogens is 930 g/mol. The average Bonchev–Trinajstić information content (AvgIpc) is 3.62. The Kier molecular flexibility index (Phi) is 9.13. The van der Waals surface area contributed by atoms with Crippen molar-refractivity contribution in [2.75, 3.05) is 0 Å². The summed E-state index contributed by atoms with van der Waals surface area (Å²) >= 11 is 0. The Morgan fingerprint density at radius 2 is 1.44 bits per heavy atom. The van der Waals surface area contributed by atoms with Crippen molar-refractivity contribution in [2.45, 2.75) is 163 Å². The Hall–Kier alpha value is -4.21. The predicted octanol–water partition coefficient (Wildman–Crippen LogP) is 13.4. The third-order valence-electron chi connectivity index (χ3n) is 13.9. The van der Waals surface area contributed by atoms with E-state index >= 15 is 0 Å². The van der Waals surface area contributed by atoms with Crippen molar-refractivity contribution in [2.24, 2.45) is 4.99 Å². The molecule has 0 unspecified atom stereocenters. The molecule has 5 nitrogen and oxygen atoms in total. The van der Waals surface area contributed by atoms with Gasteiger partial charge in [-0.25, -0.2) is 4.98 Å². The van der Waals surface area contributed by atoms with Crippen LogP contribution in [0.1, 0.15) is 160 Å². The Balaban J connectivity index is 0.00000544. The molecular formula is C55H63N3O2Pt. The summed E-state index contributed by atoms with van der Waals surface area (Å²) in [5.74, 6) is 1.52. The van der Waals surface area contributed by atoms with E-state index < -0.39 is 17.5 Å². The number of nitrogens with zero attached hydrogens (tertiary/aromatic N) is 3. The van der Waals surface area contributed by atoms with Gasteiger partial charge in [0.1, 0.15) is 17.1 Å². The first-order valence-corrected chi connectivity index (χ1v) is 21.7. The summed E-state index contributed by atoms with van der Waals surface area (Å²) in [6, 6.07) is 22.8. The monoisotopic (exact) mass is 994 g/mol. The molecule has 9 rings (SSSR count). The molecule has 0 N–H and O–H groups in total. The fourth-order valence-electron chi connectivity index (χ4n) is 10.3. The van der Waals surface area contributed by atoms with E-state index in [2.05, 4.69) is 163 Å². The zero-order valence-electron chi connectivity index (χ0n) is 41.3. The second kappa shape index (κ2) is 13.6. The van der Waals surface area contributed by atoms with Crippen LogP contribution >= 0.6 is 0 Å². The molecule has 0 spiro atoms. The maximum Gasteiger partial charge on any atom is 2.00 e. The Morgan fingerprint density at radius 1 is 0.770 bits per heavy atom. The zero-order valence-corrected chi connectivity index (χ0v) is 41.6. The van der Waals surface area contributed by atoms with Gasteiger partial charge in [0.05, 0.1) is 11.1 Å². The van der Waals surface area contributed by atoms with Gasteiger partial charge >= 0.3 is 21.1 Å². The molecule has 6 heteroatoms. The molecule has 320 valence electrons. The minimum Gasteiger partial charge on any atom is -0.511 e. The summed E-state index contributed by atoms with van der Waals surface area (Å²) in [4.78, 5) is 10.3. The minimum absolute atomic E-state index is 0. The SMILES string of the molecule is [2H]C1([2H])c2cc(C)c(C(C)(C)C)c(C)c2C[C@]2(C)OC(c3[c-]c(Oc4[c-]c5c(cc4C)C(C)(C)c4cc(C(C)(C)C)cc6c7cc(C)cnc7n-5c46)cc(C(C)(C)C)c3)=N[C@@]12C.[Pt+2]. The number of rotatable bonds is 3. The third kappa shape index (κ3) is 6.65. The van der Waals surface area contributed by atoms with Gasteiger partial charge in [0.25, 0.3) is 0 Å². The van der Waals surface area contributed by atoms with Gasteiger partial charge in [0, 0.05) is 44.0 Å². The smallest absolute Gasteiger partial charge is 0.511 e. The van der Waals surface area contributed by atoms with Gasteiger partial charge in [-0.1, -0.05) is 119 Å². The largest absolute Gasteiger partial charge is 2.00 e. The first kappa shape index (κ1) is 40.8. The van der Waals surface area contributed by atoms with Crippen LogP contribution in [0.3, 0.4) is 0 Å². The Morgan fingerprint density at radius 3 is 2.10 bits per heavy atom. The molecule has 2 aromatic heterocycles. The number of hydrogen-bond donors (Lipinski definition) is 0. The van der Waals surface area contributed by atoms with E-state index in [0.29, 0.717) is 34.9 Å². The van der Waals surface area contributed by atoms with Gasteiger partial charge in [0.15, 0.2) is 0 Å². The van der Waals surface area contributed by atoms with Crippen LogP contribution in [0.25, 0.3) is 27.6 Å². The second-order valence-corrected chi connectivity index (χ2v) is 22.2. The van der Waals surface area contributed by atoms with Gasteiger partial charge in [-0.3, -0.25) is 4.99 Å². The summed E-state index contributed by atoms with van der Waals surface area (Å²) < 4.78 is 35.8. The van der Waals surface area contributed by atoms with E-state index in [4.69, 9.17) is 19.5 Å². The van der Waals surface area contributed by atoms with Crippen molar-refractivity contribution < 1.29 is 33.3 Å². The Labute approximate surface area is 381 Å². The molecule has 0 saturated carbocycles. The standard InChI is InChI=1S/C55H63N3O2.Pt/c1-30-18-40-39-24-37(51(8,9)10)25-43-47(39)58(48(40)56-29-30)44-26-45(31(2)20-42(44)53(43,14)15)59-38-22-34(21-36(23-38)50(5,6)7)49-57-54(16)27-35-19-32(3)46(52(11,12)13)33(4)41(35)28-55(54,17)60-49;/h18-21,23-25,29H,27-28H2,1-17H3;/q-2;+2/t54-,55-;/m0./s1/i27D2;. The quantitative estimate of drug-likeness (QED) is 0.166. The fourth-order valence-corrected chi connectivity index (χ4v) is 10.3. The maximum absolute atomic E-state index is 9.80. The molecule has 4 aromatic carbocycles. The predicted molar refractivity (Wildman–Crippen MR) is 248 cm³/mol. The number of aromatic nitrogens is 2. The summed E-state index contributed by atoms with van der Waals surface area (Å²) in [6.45, 7) is 37.1. The Bertz CT molecular complexity index is 2970. The van der Waals surface area contributed by atoms with Crippen molar-refractivity contribution >= 4 is 27.8 Å². The van der Waals surface area contributed by atoms with E-state index in [-0.39, 0.29) is 42.7 Å². The average molecular weight is 995 g/mol. The van der Waals surface area contributed by atoms with E-state index in [1.54, 1.807) is 0 Å². The molecule has 0 fully saturated rings. The first-order chi connectivity index (χ1) is 28.5. The van der Waals surface area contributed by atoms with E-state index in [0.717, 1.165) is 50.1 Å². The molecule has 0 bridgehead atoms. The van der Waals surface area contributed by atoms with Crippen molar-refractivity contribution in [1.82, 2.24) is 9.55 Å². The van der Waals surface area contributed by atoms with E-state index in [1.165, 1.54) is 33.2 Å². The number of hydrogen-bond acceptors (Lipinski definition) is 4. The van der Waals surface area contributed by atoms with Crippen molar-refractivity contribution in [3.05, 3.63) is 128 Å². The molecule has 1 aliphatic carbocycles. The number of aliphatic imine (C=N–C) groups is 1.